The van der Waals surface area contributed by atoms with Crippen molar-refractivity contribution in [2.75, 3.05) is 26.2 Å². The van der Waals surface area contributed by atoms with Crippen LogP contribution in [0.15, 0.2) is 36.7 Å². The van der Waals surface area contributed by atoms with Gasteiger partial charge in [-0.25, -0.2) is 4.68 Å². The highest BCUT2D eigenvalue weighted by Gasteiger charge is 2.34. The Labute approximate surface area is 147 Å². The van der Waals surface area contributed by atoms with Crippen molar-refractivity contribution in [3.05, 3.63) is 42.2 Å². The average Bonchev–Trinajstić information content (AvgIpc) is 3.20. The van der Waals surface area contributed by atoms with Crippen molar-refractivity contribution in [1.29, 1.82) is 0 Å². The number of carbonyl (C=O) groups excluding carboxylic acids is 1. The quantitative estimate of drug-likeness (QED) is 0.835. The van der Waals surface area contributed by atoms with Gasteiger partial charge in [-0.15, -0.1) is 5.10 Å². The zero-order valence-corrected chi connectivity index (χ0v) is 14.4. The van der Waals surface area contributed by atoms with E-state index in [1.165, 1.54) is 25.8 Å². The Kier molecular flexibility index (Phi) is 4.74. The van der Waals surface area contributed by atoms with Crippen LogP contribution in [0.5, 0.6) is 0 Å². The molecule has 2 fully saturated rings. The number of tetrazole rings is 1. The molecule has 2 atom stereocenters. The number of carbonyl (C=O) groups is 1. The number of hydrogen-bond acceptors (Lipinski definition) is 5. The van der Waals surface area contributed by atoms with E-state index in [1.807, 2.05) is 35.2 Å². The molecule has 0 saturated carbocycles. The topological polar surface area (TPSA) is 67.2 Å². The summed E-state index contributed by atoms with van der Waals surface area (Å²) in [6.07, 6.45) is 5.89. The zero-order valence-electron chi connectivity index (χ0n) is 14.4. The van der Waals surface area contributed by atoms with Gasteiger partial charge in [0.15, 0.2) is 0 Å². The van der Waals surface area contributed by atoms with Crippen molar-refractivity contribution in [1.82, 2.24) is 30.0 Å². The van der Waals surface area contributed by atoms with Gasteiger partial charge in [-0.05, 0) is 35.4 Å². The Balaban J connectivity index is 1.51. The number of nitrogens with zero attached hydrogens (tertiary/aromatic N) is 6. The van der Waals surface area contributed by atoms with Gasteiger partial charge in [0, 0.05) is 32.1 Å². The highest BCUT2D eigenvalue weighted by molar-refractivity contribution is 5.80. The van der Waals surface area contributed by atoms with E-state index in [2.05, 4.69) is 20.4 Å². The fraction of sp³-hybridized carbons (Fsp3) is 0.556. The van der Waals surface area contributed by atoms with E-state index < -0.39 is 0 Å². The Morgan fingerprint density at radius 3 is 2.84 bits per heavy atom. The molecule has 0 aliphatic carbocycles. The molecule has 2 saturated heterocycles. The van der Waals surface area contributed by atoms with Gasteiger partial charge < -0.3 is 4.90 Å². The van der Waals surface area contributed by atoms with Crippen molar-refractivity contribution in [3.63, 3.8) is 0 Å². The minimum Gasteiger partial charge on any atom is -0.338 e. The summed E-state index contributed by atoms with van der Waals surface area (Å²) in [6, 6.07) is 10.2. The van der Waals surface area contributed by atoms with Crippen molar-refractivity contribution < 1.29 is 4.79 Å². The van der Waals surface area contributed by atoms with Gasteiger partial charge >= 0.3 is 0 Å². The van der Waals surface area contributed by atoms with Crippen molar-refractivity contribution in [2.24, 2.45) is 0 Å². The van der Waals surface area contributed by atoms with Crippen LogP contribution in [0.1, 0.15) is 30.9 Å². The fourth-order valence-corrected chi connectivity index (χ4v) is 4.01. The summed E-state index contributed by atoms with van der Waals surface area (Å²) >= 11 is 0. The van der Waals surface area contributed by atoms with Crippen molar-refractivity contribution in [2.45, 2.75) is 37.8 Å². The summed E-state index contributed by atoms with van der Waals surface area (Å²) in [6.45, 7) is 3.77. The largest absolute Gasteiger partial charge is 0.338 e. The highest BCUT2D eigenvalue weighted by Crippen LogP contribution is 2.24. The predicted octanol–water partition coefficient (Wildman–Crippen LogP) is 1.15. The first-order chi connectivity index (χ1) is 12.3. The minimum absolute atomic E-state index is 0.126. The number of piperazine rings is 1. The molecule has 2 aromatic rings. The molecule has 2 aliphatic heterocycles. The highest BCUT2D eigenvalue weighted by atomic mass is 16.2. The molecule has 0 spiro atoms. The van der Waals surface area contributed by atoms with Crippen LogP contribution in [0.3, 0.4) is 0 Å². The van der Waals surface area contributed by atoms with E-state index in [9.17, 15) is 4.79 Å². The second-order valence-corrected chi connectivity index (χ2v) is 6.97. The van der Waals surface area contributed by atoms with Crippen LogP contribution in [-0.2, 0) is 11.2 Å². The Morgan fingerprint density at radius 1 is 1.16 bits per heavy atom. The molecule has 0 N–H and O–H groups in total. The number of rotatable bonds is 4. The lowest BCUT2D eigenvalue weighted by atomic mass is 9.98. The number of aromatic nitrogens is 4. The third kappa shape index (κ3) is 3.56. The lowest BCUT2D eigenvalue weighted by molar-refractivity contribution is -0.138. The van der Waals surface area contributed by atoms with Crippen LogP contribution in [0.4, 0.5) is 0 Å². The molecule has 0 bridgehead atoms. The van der Waals surface area contributed by atoms with Gasteiger partial charge in [-0.3, -0.25) is 9.69 Å². The molecule has 4 rings (SSSR count). The lowest BCUT2D eigenvalue weighted by Crippen LogP contribution is -2.57. The van der Waals surface area contributed by atoms with E-state index in [0.717, 1.165) is 25.2 Å². The zero-order chi connectivity index (χ0) is 17.1. The molecule has 2 aliphatic rings. The third-order valence-electron chi connectivity index (χ3n) is 5.39. The summed E-state index contributed by atoms with van der Waals surface area (Å²) < 4.78 is 1.60. The van der Waals surface area contributed by atoms with Gasteiger partial charge in [0.2, 0.25) is 5.91 Å². The molecular weight excluding hydrogens is 316 g/mol. The fourth-order valence-electron chi connectivity index (χ4n) is 4.01. The first-order valence-corrected chi connectivity index (χ1v) is 9.10. The molecule has 3 heterocycles. The standard InChI is InChI=1S/C18H24N6O/c25-18(23-11-10-22-9-5-4-8-16(22)13-23)17(24-14-19-20-21-24)12-15-6-2-1-3-7-15/h1-3,6-7,14,16-17H,4-5,8-13H2/t16-,17+/m0/s1. The average molecular weight is 340 g/mol. The summed E-state index contributed by atoms with van der Waals surface area (Å²) in [4.78, 5) is 17.8. The van der Waals surface area contributed by atoms with E-state index in [-0.39, 0.29) is 11.9 Å². The Bertz CT molecular complexity index is 689. The van der Waals surface area contributed by atoms with E-state index in [1.54, 1.807) is 11.0 Å². The number of amides is 1. The van der Waals surface area contributed by atoms with Crippen LogP contribution in [-0.4, -0.2) is 68.1 Å². The molecule has 7 nitrogen and oxygen atoms in total. The van der Waals surface area contributed by atoms with Crippen LogP contribution in [0, 0.1) is 0 Å². The van der Waals surface area contributed by atoms with Crippen LogP contribution in [0.2, 0.25) is 0 Å². The maximum atomic E-state index is 13.3. The molecule has 0 unspecified atom stereocenters. The molecule has 0 radical (unpaired) electrons. The Morgan fingerprint density at radius 2 is 2.04 bits per heavy atom. The molecule has 132 valence electrons. The maximum absolute atomic E-state index is 13.3. The SMILES string of the molecule is O=C([C@@H](Cc1ccccc1)n1cnnn1)N1CCN2CCCC[C@H]2C1. The van der Waals surface area contributed by atoms with Gasteiger partial charge in [-0.2, -0.15) is 0 Å². The van der Waals surface area contributed by atoms with Crippen molar-refractivity contribution >= 4 is 5.91 Å². The van der Waals surface area contributed by atoms with Gasteiger partial charge in [0.05, 0.1) is 0 Å². The first-order valence-electron chi connectivity index (χ1n) is 9.10. The van der Waals surface area contributed by atoms with Crippen LogP contribution >= 0.6 is 0 Å². The predicted molar refractivity (Wildman–Crippen MR) is 92.8 cm³/mol. The van der Waals surface area contributed by atoms with Gasteiger partial charge in [0.25, 0.3) is 0 Å². The van der Waals surface area contributed by atoms with Gasteiger partial charge in [0.1, 0.15) is 12.4 Å². The number of piperidine rings is 1. The smallest absolute Gasteiger partial charge is 0.248 e. The molecule has 7 heteroatoms. The second-order valence-electron chi connectivity index (χ2n) is 6.97. The maximum Gasteiger partial charge on any atom is 0.248 e. The summed E-state index contributed by atoms with van der Waals surface area (Å²) in [5.74, 6) is 0.126. The third-order valence-corrected chi connectivity index (χ3v) is 5.39. The normalized spacial score (nSPS) is 22.4. The second kappa shape index (κ2) is 7.31. The molecule has 1 aromatic carbocycles. The summed E-state index contributed by atoms with van der Waals surface area (Å²) in [7, 11) is 0. The lowest BCUT2D eigenvalue weighted by Gasteiger charge is -2.44. The first kappa shape index (κ1) is 16.2. The molecular formula is C18H24N6O. The monoisotopic (exact) mass is 340 g/mol. The van der Waals surface area contributed by atoms with E-state index >= 15 is 0 Å². The van der Waals surface area contributed by atoms with Crippen LogP contribution < -0.4 is 0 Å². The minimum atomic E-state index is -0.382. The summed E-state index contributed by atoms with van der Waals surface area (Å²) in [5, 5.41) is 11.5. The van der Waals surface area contributed by atoms with Gasteiger partial charge in [-0.1, -0.05) is 36.8 Å². The van der Waals surface area contributed by atoms with E-state index in [0.29, 0.717) is 12.5 Å². The summed E-state index contributed by atoms with van der Waals surface area (Å²) in [5.41, 5.74) is 1.12. The van der Waals surface area contributed by atoms with Crippen LogP contribution in [0.25, 0.3) is 0 Å². The molecule has 1 aromatic heterocycles. The number of fused-ring (bicyclic) bond motifs is 1. The van der Waals surface area contributed by atoms with Crippen molar-refractivity contribution in [3.8, 4) is 0 Å². The number of hydrogen-bond donors (Lipinski definition) is 0. The molecule has 1 amide bonds. The Hall–Kier alpha value is -2.28. The number of benzene rings is 1. The van der Waals surface area contributed by atoms with E-state index in [4.69, 9.17) is 0 Å². The molecule has 25 heavy (non-hydrogen) atoms.